The van der Waals surface area contributed by atoms with E-state index >= 15 is 0 Å². The van der Waals surface area contributed by atoms with Gasteiger partial charge in [0.2, 0.25) is 5.91 Å². The summed E-state index contributed by atoms with van der Waals surface area (Å²) in [7, 11) is 1.66. The van der Waals surface area contributed by atoms with E-state index in [2.05, 4.69) is 27.9 Å². The third-order valence-electron chi connectivity index (χ3n) is 5.79. The Hall–Kier alpha value is -2.77. The van der Waals surface area contributed by atoms with Crippen molar-refractivity contribution in [1.29, 1.82) is 0 Å². The topological polar surface area (TPSA) is 77.1 Å². The van der Waals surface area contributed by atoms with E-state index in [1.54, 1.807) is 13.2 Å². The normalized spacial score (nSPS) is 22.0. The van der Waals surface area contributed by atoms with Crippen LogP contribution in [0.3, 0.4) is 0 Å². The number of nitrogens with zero attached hydrogens (tertiary/aromatic N) is 2. The molecule has 2 aromatic carbocycles. The summed E-state index contributed by atoms with van der Waals surface area (Å²) < 4.78 is 5.22. The fraction of sp³-hybridized carbons (Fsp3) is 0.409. The average Bonchev–Trinajstić information content (AvgIpc) is 3.23. The highest BCUT2D eigenvalue weighted by Crippen LogP contribution is 2.31. The lowest BCUT2D eigenvalue weighted by atomic mass is 9.99. The Balaban J connectivity index is 1.32. The summed E-state index contributed by atoms with van der Waals surface area (Å²) in [5.74, 6) is 1.23. The van der Waals surface area contributed by atoms with Crippen LogP contribution >= 0.6 is 0 Å². The first-order valence-electron chi connectivity index (χ1n) is 10.0. The van der Waals surface area contributed by atoms with Gasteiger partial charge in [0.1, 0.15) is 17.5 Å². The van der Waals surface area contributed by atoms with Gasteiger partial charge in [-0.15, -0.1) is 0 Å². The van der Waals surface area contributed by atoms with Gasteiger partial charge in [-0.3, -0.25) is 4.79 Å². The van der Waals surface area contributed by atoms with Crippen LogP contribution in [0.15, 0.2) is 42.5 Å². The van der Waals surface area contributed by atoms with Crippen LogP contribution in [0.25, 0.3) is 0 Å². The molecule has 2 heterocycles. The number of benzene rings is 2. The molecule has 154 valence electrons. The van der Waals surface area contributed by atoms with Crippen LogP contribution in [-0.2, 0) is 4.79 Å². The minimum absolute atomic E-state index is 0.0786. The summed E-state index contributed by atoms with van der Waals surface area (Å²) in [6.45, 7) is 4.95. The molecule has 0 radical (unpaired) electrons. The number of anilines is 1. The minimum atomic E-state index is -0.284. The van der Waals surface area contributed by atoms with Crippen LogP contribution in [0.5, 0.6) is 11.5 Å². The Kier molecular flexibility index (Phi) is 5.60. The fourth-order valence-electron chi connectivity index (χ4n) is 4.07. The molecule has 2 saturated heterocycles. The number of methoxy groups -OCH3 is 1. The number of hydrogen-bond acceptors (Lipinski definition) is 6. The first-order valence-corrected chi connectivity index (χ1v) is 10.0. The van der Waals surface area contributed by atoms with Gasteiger partial charge in [0.15, 0.2) is 0 Å². The summed E-state index contributed by atoms with van der Waals surface area (Å²) in [5, 5.41) is 10.2. The second-order valence-electron chi connectivity index (χ2n) is 7.70. The molecule has 7 heteroatoms. The number of nitrogens with one attached hydrogen (secondary N) is 2. The largest absolute Gasteiger partial charge is 0.508 e. The van der Waals surface area contributed by atoms with Crippen molar-refractivity contribution >= 4 is 11.6 Å². The van der Waals surface area contributed by atoms with Crippen molar-refractivity contribution in [2.45, 2.75) is 25.4 Å². The number of carbonyl (C=O) groups excluding carboxylic acids is 1. The second kappa shape index (κ2) is 8.31. The molecule has 4 rings (SSSR count). The molecule has 1 amide bonds. The quantitative estimate of drug-likeness (QED) is 0.734. The van der Waals surface area contributed by atoms with Gasteiger partial charge in [0.05, 0.1) is 13.2 Å². The van der Waals surface area contributed by atoms with Crippen LogP contribution < -0.4 is 20.5 Å². The molecular formula is C22H28N4O3. The van der Waals surface area contributed by atoms with E-state index in [-0.39, 0.29) is 23.7 Å². The van der Waals surface area contributed by atoms with Crippen LogP contribution in [-0.4, -0.2) is 55.2 Å². The van der Waals surface area contributed by atoms with Crippen LogP contribution in [0, 0.1) is 6.92 Å². The summed E-state index contributed by atoms with van der Waals surface area (Å²) in [4.78, 5) is 17.2. The SMILES string of the molecule is COc1ccc(N2CCN(C(=O)C3CC(c4ccc(C)cc4O)NN3)CC2)cc1. The molecule has 0 spiro atoms. The van der Waals surface area contributed by atoms with Crippen molar-refractivity contribution in [3.8, 4) is 11.5 Å². The predicted octanol–water partition coefficient (Wildman–Crippen LogP) is 1.97. The van der Waals surface area contributed by atoms with Gasteiger partial charge < -0.3 is 19.6 Å². The van der Waals surface area contributed by atoms with E-state index in [4.69, 9.17) is 4.74 Å². The summed E-state index contributed by atoms with van der Waals surface area (Å²) in [6.07, 6.45) is 0.619. The van der Waals surface area contributed by atoms with Crippen LogP contribution in [0.2, 0.25) is 0 Å². The zero-order valence-electron chi connectivity index (χ0n) is 16.9. The number of phenols is 1. The molecule has 0 saturated carbocycles. The standard InChI is InChI=1S/C22H28N4O3/c1-15-3-8-18(21(27)13-15)19-14-20(24-23-19)22(28)26-11-9-25(10-12-26)16-4-6-17(29-2)7-5-16/h3-8,13,19-20,23-24,27H,9-12,14H2,1-2H3. The lowest BCUT2D eigenvalue weighted by Gasteiger charge is -2.37. The number of aryl methyl sites for hydroxylation is 1. The number of phenolic OH excluding ortho intramolecular Hbond substituents is 1. The number of aromatic hydroxyl groups is 1. The van der Waals surface area contributed by atoms with E-state index < -0.39 is 0 Å². The second-order valence-corrected chi connectivity index (χ2v) is 7.70. The maximum Gasteiger partial charge on any atom is 0.241 e. The fourth-order valence-corrected chi connectivity index (χ4v) is 4.07. The minimum Gasteiger partial charge on any atom is -0.508 e. The number of amides is 1. The van der Waals surface area contributed by atoms with Gasteiger partial charge >= 0.3 is 0 Å². The summed E-state index contributed by atoms with van der Waals surface area (Å²) in [6, 6.07) is 13.3. The molecule has 3 N–H and O–H groups in total. The van der Waals surface area contributed by atoms with Crippen molar-refractivity contribution in [3.05, 3.63) is 53.6 Å². The van der Waals surface area contributed by atoms with Crippen molar-refractivity contribution in [2.75, 3.05) is 38.2 Å². The monoisotopic (exact) mass is 396 g/mol. The third-order valence-corrected chi connectivity index (χ3v) is 5.79. The van der Waals surface area contributed by atoms with Crippen molar-refractivity contribution in [3.63, 3.8) is 0 Å². The van der Waals surface area contributed by atoms with Gasteiger partial charge in [0.25, 0.3) is 0 Å². The molecule has 2 fully saturated rings. The molecule has 2 atom stereocenters. The van der Waals surface area contributed by atoms with E-state index in [1.807, 2.05) is 36.1 Å². The smallest absolute Gasteiger partial charge is 0.241 e. The Morgan fingerprint density at radius 2 is 1.79 bits per heavy atom. The van der Waals surface area contributed by atoms with Gasteiger partial charge in [0, 0.05) is 37.4 Å². The first-order chi connectivity index (χ1) is 14.0. The van der Waals surface area contributed by atoms with Crippen molar-refractivity contribution < 1.29 is 14.6 Å². The third kappa shape index (κ3) is 4.16. The van der Waals surface area contributed by atoms with Crippen LogP contribution in [0.4, 0.5) is 5.69 Å². The van der Waals surface area contributed by atoms with Gasteiger partial charge in [-0.05, 0) is 49.2 Å². The molecule has 2 aromatic rings. The van der Waals surface area contributed by atoms with Crippen LogP contribution in [0.1, 0.15) is 23.6 Å². The van der Waals surface area contributed by atoms with Crippen molar-refractivity contribution in [1.82, 2.24) is 15.8 Å². The Bertz CT molecular complexity index is 863. The molecule has 2 aliphatic rings. The Morgan fingerprint density at radius 3 is 2.45 bits per heavy atom. The van der Waals surface area contributed by atoms with E-state index in [0.29, 0.717) is 19.5 Å². The molecule has 2 unspecified atom stereocenters. The first kappa shape index (κ1) is 19.5. The highest BCUT2D eigenvalue weighted by molar-refractivity contribution is 5.82. The summed E-state index contributed by atoms with van der Waals surface area (Å²) in [5.41, 5.74) is 9.27. The maximum atomic E-state index is 13.0. The molecule has 7 nitrogen and oxygen atoms in total. The van der Waals surface area contributed by atoms with E-state index in [1.165, 1.54) is 0 Å². The maximum absolute atomic E-state index is 13.0. The number of piperazine rings is 1. The molecular weight excluding hydrogens is 368 g/mol. The van der Waals surface area contributed by atoms with Crippen molar-refractivity contribution in [2.24, 2.45) is 0 Å². The highest BCUT2D eigenvalue weighted by Gasteiger charge is 2.35. The lowest BCUT2D eigenvalue weighted by molar-refractivity contribution is -0.133. The molecule has 29 heavy (non-hydrogen) atoms. The number of hydrazine groups is 1. The lowest BCUT2D eigenvalue weighted by Crippen LogP contribution is -2.53. The molecule has 0 bridgehead atoms. The summed E-state index contributed by atoms with van der Waals surface area (Å²) >= 11 is 0. The average molecular weight is 396 g/mol. The van der Waals surface area contributed by atoms with E-state index in [9.17, 15) is 9.90 Å². The zero-order chi connectivity index (χ0) is 20.4. The highest BCUT2D eigenvalue weighted by atomic mass is 16.5. The zero-order valence-corrected chi connectivity index (χ0v) is 16.9. The van der Waals surface area contributed by atoms with Gasteiger partial charge in [-0.25, -0.2) is 10.9 Å². The molecule has 0 aromatic heterocycles. The Morgan fingerprint density at radius 1 is 1.07 bits per heavy atom. The number of ether oxygens (including phenoxy) is 1. The van der Waals surface area contributed by atoms with Gasteiger partial charge in [-0.2, -0.15) is 0 Å². The van der Waals surface area contributed by atoms with Gasteiger partial charge in [-0.1, -0.05) is 12.1 Å². The number of hydrogen-bond donors (Lipinski definition) is 3. The number of carbonyl (C=O) groups is 1. The predicted molar refractivity (Wildman–Crippen MR) is 112 cm³/mol. The Labute approximate surface area is 171 Å². The number of rotatable bonds is 4. The molecule has 2 aliphatic heterocycles. The molecule has 0 aliphatic carbocycles. The van der Waals surface area contributed by atoms with E-state index in [0.717, 1.165) is 35.7 Å².